The van der Waals surface area contributed by atoms with Gasteiger partial charge in [-0.3, -0.25) is 4.99 Å². The van der Waals surface area contributed by atoms with Gasteiger partial charge < -0.3 is 10.6 Å². The average Bonchev–Trinajstić information content (AvgIpc) is 2.84. The predicted molar refractivity (Wildman–Crippen MR) is 87.3 cm³/mol. The molecule has 1 aliphatic rings. The van der Waals surface area contributed by atoms with Crippen LogP contribution in [0.25, 0.3) is 0 Å². The van der Waals surface area contributed by atoms with E-state index in [0.717, 1.165) is 15.7 Å². The maximum atomic E-state index is 13.6. The van der Waals surface area contributed by atoms with Crippen molar-refractivity contribution in [2.75, 3.05) is 11.4 Å². The fourth-order valence-corrected chi connectivity index (χ4v) is 3.18. The molecule has 0 aliphatic carbocycles. The summed E-state index contributed by atoms with van der Waals surface area (Å²) in [6.07, 6.45) is 0. The SMILES string of the molecule is NC1=NCC(c2cc(F)ccc2Br)N1c1ccccc1Cl. The Morgan fingerprint density at radius 3 is 2.81 bits per heavy atom. The molecular weight excluding hydrogens is 357 g/mol. The van der Waals surface area contributed by atoms with Crippen molar-refractivity contribution in [2.24, 2.45) is 10.7 Å². The van der Waals surface area contributed by atoms with Crippen molar-refractivity contribution in [3.63, 3.8) is 0 Å². The molecule has 108 valence electrons. The lowest BCUT2D eigenvalue weighted by molar-refractivity contribution is 0.620. The van der Waals surface area contributed by atoms with Crippen LogP contribution in [0.5, 0.6) is 0 Å². The second-order valence-corrected chi connectivity index (χ2v) is 5.96. The van der Waals surface area contributed by atoms with Crippen LogP contribution in [-0.2, 0) is 0 Å². The van der Waals surface area contributed by atoms with E-state index in [1.54, 1.807) is 12.1 Å². The van der Waals surface area contributed by atoms with Crippen LogP contribution in [-0.4, -0.2) is 12.5 Å². The molecule has 0 amide bonds. The van der Waals surface area contributed by atoms with Gasteiger partial charge in [-0.2, -0.15) is 0 Å². The molecule has 1 aliphatic heterocycles. The number of aliphatic imine (C=N–C) groups is 1. The topological polar surface area (TPSA) is 41.6 Å². The summed E-state index contributed by atoms with van der Waals surface area (Å²) in [7, 11) is 0. The van der Waals surface area contributed by atoms with Crippen LogP contribution in [0.4, 0.5) is 10.1 Å². The average molecular weight is 369 g/mol. The first-order valence-electron chi connectivity index (χ1n) is 6.36. The highest BCUT2D eigenvalue weighted by molar-refractivity contribution is 9.10. The van der Waals surface area contributed by atoms with E-state index in [9.17, 15) is 4.39 Å². The van der Waals surface area contributed by atoms with Gasteiger partial charge in [-0.15, -0.1) is 0 Å². The second-order valence-electron chi connectivity index (χ2n) is 4.70. The van der Waals surface area contributed by atoms with E-state index in [1.165, 1.54) is 12.1 Å². The molecular formula is C15H12BrClFN3. The molecule has 1 unspecified atom stereocenters. The van der Waals surface area contributed by atoms with Gasteiger partial charge in [-0.1, -0.05) is 39.7 Å². The number of anilines is 1. The van der Waals surface area contributed by atoms with Crippen molar-refractivity contribution >= 4 is 39.2 Å². The van der Waals surface area contributed by atoms with Crippen LogP contribution < -0.4 is 10.6 Å². The molecule has 3 rings (SSSR count). The molecule has 0 fully saturated rings. The highest BCUT2D eigenvalue weighted by Gasteiger charge is 2.31. The lowest BCUT2D eigenvalue weighted by Crippen LogP contribution is -2.36. The molecule has 21 heavy (non-hydrogen) atoms. The number of benzene rings is 2. The van der Waals surface area contributed by atoms with Gasteiger partial charge in [0.05, 0.1) is 23.3 Å². The molecule has 0 spiro atoms. The van der Waals surface area contributed by atoms with E-state index >= 15 is 0 Å². The Labute approximate surface area is 135 Å². The summed E-state index contributed by atoms with van der Waals surface area (Å²) in [4.78, 5) is 6.12. The van der Waals surface area contributed by atoms with Gasteiger partial charge >= 0.3 is 0 Å². The highest BCUT2D eigenvalue weighted by atomic mass is 79.9. The molecule has 0 saturated carbocycles. The fourth-order valence-electron chi connectivity index (χ4n) is 2.44. The van der Waals surface area contributed by atoms with Crippen molar-refractivity contribution in [2.45, 2.75) is 6.04 Å². The van der Waals surface area contributed by atoms with Crippen molar-refractivity contribution in [1.82, 2.24) is 0 Å². The van der Waals surface area contributed by atoms with Crippen LogP contribution in [0, 0.1) is 5.82 Å². The largest absolute Gasteiger partial charge is 0.369 e. The molecule has 3 nitrogen and oxygen atoms in total. The Morgan fingerprint density at radius 1 is 1.29 bits per heavy atom. The minimum absolute atomic E-state index is 0.185. The highest BCUT2D eigenvalue weighted by Crippen LogP contribution is 2.37. The normalized spacial score (nSPS) is 18.0. The fraction of sp³-hybridized carbons (Fsp3) is 0.133. The number of para-hydroxylation sites is 1. The van der Waals surface area contributed by atoms with Crippen LogP contribution >= 0.6 is 27.5 Å². The molecule has 2 aromatic rings. The number of hydrogen-bond donors (Lipinski definition) is 1. The molecule has 1 atom stereocenters. The number of halogens is 3. The zero-order valence-corrected chi connectivity index (χ0v) is 13.3. The number of nitrogens with zero attached hydrogens (tertiary/aromatic N) is 2. The van der Waals surface area contributed by atoms with Crippen molar-refractivity contribution in [1.29, 1.82) is 0 Å². The standard InChI is InChI=1S/C15H12BrClFN3/c16-11-6-5-9(18)7-10(11)14-8-20-15(19)21(14)13-4-2-1-3-12(13)17/h1-7,14H,8H2,(H2,19,20). The first kappa shape index (κ1) is 14.4. The summed E-state index contributed by atoms with van der Waals surface area (Å²) < 4.78 is 14.4. The van der Waals surface area contributed by atoms with Gasteiger partial charge in [0.2, 0.25) is 0 Å². The number of guanidine groups is 1. The number of hydrogen-bond acceptors (Lipinski definition) is 3. The molecule has 0 radical (unpaired) electrons. The monoisotopic (exact) mass is 367 g/mol. The summed E-state index contributed by atoms with van der Waals surface area (Å²) in [5.74, 6) is 0.0852. The lowest BCUT2D eigenvalue weighted by atomic mass is 10.1. The van der Waals surface area contributed by atoms with Crippen LogP contribution in [0.2, 0.25) is 5.02 Å². The Balaban J connectivity index is 2.07. The summed E-state index contributed by atoms with van der Waals surface area (Å²) in [5.41, 5.74) is 7.56. The summed E-state index contributed by atoms with van der Waals surface area (Å²) in [6, 6.07) is 11.8. The number of rotatable bonds is 2. The van der Waals surface area contributed by atoms with E-state index in [0.29, 0.717) is 17.5 Å². The van der Waals surface area contributed by atoms with Crippen LogP contribution in [0.3, 0.4) is 0 Å². The zero-order chi connectivity index (χ0) is 15.0. The first-order valence-corrected chi connectivity index (χ1v) is 7.53. The predicted octanol–water partition coefficient (Wildman–Crippen LogP) is 4.12. The number of nitrogens with two attached hydrogens (primary N) is 1. The third-order valence-electron chi connectivity index (χ3n) is 3.41. The Morgan fingerprint density at radius 2 is 2.05 bits per heavy atom. The third-order valence-corrected chi connectivity index (χ3v) is 4.46. The molecule has 0 bridgehead atoms. The molecule has 2 N–H and O–H groups in total. The molecule has 6 heteroatoms. The van der Waals surface area contributed by atoms with Gasteiger partial charge in [0.1, 0.15) is 5.82 Å². The smallest absolute Gasteiger partial charge is 0.196 e. The third kappa shape index (κ3) is 2.63. The van der Waals surface area contributed by atoms with Gasteiger partial charge in [-0.25, -0.2) is 4.39 Å². The summed E-state index contributed by atoms with van der Waals surface area (Å²) in [5, 5.41) is 0.579. The van der Waals surface area contributed by atoms with Gasteiger partial charge in [-0.05, 0) is 35.9 Å². The quantitative estimate of drug-likeness (QED) is 0.866. The lowest BCUT2D eigenvalue weighted by Gasteiger charge is -2.28. The van der Waals surface area contributed by atoms with E-state index in [4.69, 9.17) is 17.3 Å². The maximum absolute atomic E-state index is 13.6. The summed E-state index contributed by atoms with van der Waals surface area (Å²) in [6.45, 7) is 0.457. The Kier molecular flexibility index (Phi) is 3.87. The van der Waals surface area contributed by atoms with Crippen molar-refractivity contribution in [3.05, 3.63) is 63.3 Å². The minimum Gasteiger partial charge on any atom is -0.369 e. The van der Waals surface area contributed by atoms with E-state index < -0.39 is 0 Å². The van der Waals surface area contributed by atoms with E-state index in [2.05, 4.69) is 20.9 Å². The molecule has 1 heterocycles. The molecule has 0 saturated heterocycles. The van der Waals surface area contributed by atoms with Gasteiger partial charge in [0.25, 0.3) is 0 Å². The maximum Gasteiger partial charge on any atom is 0.196 e. The van der Waals surface area contributed by atoms with E-state index in [1.807, 2.05) is 23.1 Å². The molecule has 0 aromatic heterocycles. The zero-order valence-electron chi connectivity index (χ0n) is 10.9. The van der Waals surface area contributed by atoms with Crippen LogP contribution in [0.1, 0.15) is 11.6 Å². The van der Waals surface area contributed by atoms with Gasteiger partial charge in [0, 0.05) is 4.47 Å². The second kappa shape index (κ2) is 5.66. The Hall–Kier alpha value is -1.59. The van der Waals surface area contributed by atoms with Crippen molar-refractivity contribution < 1.29 is 4.39 Å². The summed E-state index contributed by atoms with van der Waals surface area (Å²) >= 11 is 9.72. The Bertz CT molecular complexity index is 720. The van der Waals surface area contributed by atoms with Crippen LogP contribution in [0.15, 0.2) is 51.9 Å². The van der Waals surface area contributed by atoms with Crippen molar-refractivity contribution in [3.8, 4) is 0 Å². The van der Waals surface area contributed by atoms with Gasteiger partial charge in [0.15, 0.2) is 5.96 Å². The van der Waals surface area contributed by atoms with E-state index in [-0.39, 0.29) is 11.9 Å². The first-order chi connectivity index (χ1) is 10.1. The molecule has 2 aromatic carbocycles. The minimum atomic E-state index is -0.294.